The Hall–Kier alpha value is -2.26. The molecule has 0 aliphatic heterocycles. The van der Waals surface area contributed by atoms with E-state index in [1.807, 2.05) is 11.5 Å². The van der Waals surface area contributed by atoms with Crippen LogP contribution in [0.5, 0.6) is 5.75 Å². The van der Waals surface area contributed by atoms with Gasteiger partial charge in [0.05, 0.1) is 16.5 Å². The van der Waals surface area contributed by atoms with Crippen LogP contribution in [0.25, 0.3) is 0 Å². The lowest BCUT2D eigenvalue weighted by Crippen LogP contribution is -2.16. The molecule has 0 aliphatic carbocycles. The number of carbonyl (C=O) groups excluding carboxylic acids is 1. The molecule has 0 saturated heterocycles. The van der Waals surface area contributed by atoms with E-state index in [-0.39, 0.29) is 16.8 Å². The first-order chi connectivity index (χ1) is 14.9. The molecule has 0 radical (unpaired) electrons. The number of carbonyl (C=O) groups is 1. The van der Waals surface area contributed by atoms with Crippen molar-refractivity contribution in [1.29, 1.82) is 0 Å². The quantitative estimate of drug-likeness (QED) is 0.232. The number of hydrogen-bond acceptors (Lipinski definition) is 6. The minimum Gasteiger partial charge on any atom is -0.481 e. The number of ether oxygens (including phenoxy) is 1. The lowest BCUT2D eigenvalue weighted by molar-refractivity contribution is -0.113. The molecule has 0 bridgehead atoms. The van der Waals surface area contributed by atoms with Crippen LogP contribution < -0.4 is 10.1 Å². The van der Waals surface area contributed by atoms with Crippen LogP contribution in [0.4, 0.5) is 5.69 Å². The molecule has 3 aromatic rings. The van der Waals surface area contributed by atoms with Crippen molar-refractivity contribution in [2.45, 2.75) is 24.7 Å². The van der Waals surface area contributed by atoms with Gasteiger partial charge >= 0.3 is 0 Å². The molecule has 11 heteroatoms. The van der Waals surface area contributed by atoms with Crippen molar-refractivity contribution in [3.8, 4) is 5.75 Å². The van der Waals surface area contributed by atoms with Crippen LogP contribution in [-0.4, -0.2) is 31.4 Å². The molecule has 7 nitrogen and oxygen atoms in total. The maximum absolute atomic E-state index is 12.3. The first-order valence-electron chi connectivity index (χ1n) is 9.08. The van der Waals surface area contributed by atoms with Gasteiger partial charge in [0, 0.05) is 17.8 Å². The van der Waals surface area contributed by atoms with E-state index < -0.39 is 6.10 Å². The van der Waals surface area contributed by atoms with Gasteiger partial charge in [0.25, 0.3) is 0 Å². The monoisotopic (exact) mass is 497 g/mol. The summed E-state index contributed by atoms with van der Waals surface area (Å²) in [6, 6.07) is 8.36. The number of aromatic nitrogens is 4. The topological polar surface area (TPSA) is 81.9 Å². The molecule has 162 valence electrons. The molecule has 1 amide bonds. The SMILES string of the molecule is C=CCn1c(SCC(=O)Nc2cccnc2Cl)nnc1C(C)Oc1ccc(Cl)cc1Cl. The Morgan fingerprint density at radius 2 is 2.13 bits per heavy atom. The molecule has 1 atom stereocenters. The number of pyridine rings is 1. The summed E-state index contributed by atoms with van der Waals surface area (Å²) in [4.78, 5) is 16.2. The second-order valence-corrected chi connectivity index (χ2v) is 8.40. The fourth-order valence-corrected chi connectivity index (χ4v) is 3.99. The summed E-state index contributed by atoms with van der Waals surface area (Å²) in [5.74, 6) is 0.920. The van der Waals surface area contributed by atoms with Gasteiger partial charge in [-0.25, -0.2) is 4.98 Å². The van der Waals surface area contributed by atoms with Gasteiger partial charge < -0.3 is 10.1 Å². The zero-order chi connectivity index (χ0) is 22.4. The molecule has 1 unspecified atom stereocenters. The van der Waals surface area contributed by atoms with Crippen molar-refractivity contribution < 1.29 is 9.53 Å². The zero-order valence-electron chi connectivity index (χ0n) is 16.4. The maximum atomic E-state index is 12.3. The number of anilines is 1. The number of allylic oxidation sites excluding steroid dienone is 1. The Balaban J connectivity index is 1.70. The number of thioether (sulfide) groups is 1. The van der Waals surface area contributed by atoms with Gasteiger partial charge in [-0.15, -0.1) is 16.8 Å². The lowest BCUT2D eigenvalue weighted by atomic mass is 10.3. The molecule has 31 heavy (non-hydrogen) atoms. The van der Waals surface area contributed by atoms with E-state index in [9.17, 15) is 4.79 Å². The van der Waals surface area contributed by atoms with E-state index in [1.54, 1.807) is 42.6 Å². The summed E-state index contributed by atoms with van der Waals surface area (Å²) in [6.07, 6.45) is 2.81. The number of benzene rings is 1. The normalized spacial score (nSPS) is 11.7. The molecule has 3 rings (SSSR count). The van der Waals surface area contributed by atoms with Crippen LogP contribution in [0, 0.1) is 0 Å². The fraction of sp³-hybridized carbons (Fsp3) is 0.200. The average molecular weight is 499 g/mol. The predicted molar refractivity (Wildman–Crippen MR) is 124 cm³/mol. The fourth-order valence-electron chi connectivity index (χ4n) is 2.62. The summed E-state index contributed by atoms with van der Waals surface area (Å²) >= 11 is 19.3. The summed E-state index contributed by atoms with van der Waals surface area (Å²) in [5, 5.41) is 12.9. The molecule has 2 heterocycles. The number of halogens is 3. The van der Waals surface area contributed by atoms with E-state index in [0.717, 1.165) is 0 Å². The van der Waals surface area contributed by atoms with Crippen molar-refractivity contribution >= 4 is 58.2 Å². The highest BCUT2D eigenvalue weighted by Gasteiger charge is 2.21. The highest BCUT2D eigenvalue weighted by Crippen LogP contribution is 2.32. The Labute approximate surface area is 198 Å². The van der Waals surface area contributed by atoms with Gasteiger partial charge in [0.1, 0.15) is 5.75 Å². The van der Waals surface area contributed by atoms with Gasteiger partial charge in [-0.1, -0.05) is 52.6 Å². The minimum atomic E-state index is -0.455. The summed E-state index contributed by atoms with van der Waals surface area (Å²) in [5.41, 5.74) is 0.449. The van der Waals surface area contributed by atoms with Gasteiger partial charge in [-0.05, 0) is 37.3 Å². The first kappa shape index (κ1) is 23.4. The van der Waals surface area contributed by atoms with Crippen LogP contribution in [0.3, 0.4) is 0 Å². The van der Waals surface area contributed by atoms with E-state index in [4.69, 9.17) is 39.5 Å². The van der Waals surface area contributed by atoms with Crippen molar-refractivity contribution in [2.75, 3.05) is 11.1 Å². The van der Waals surface area contributed by atoms with Crippen LogP contribution in [0.2, 0.25) is 15.2 Å². The zero-order valence-corrected chi connectivity index (χ0v) is 19.5. The molecule has 2 aromatic heterocycles. The number of nitrogens with one attached hydrogen (secondary N) is 1. The molecule has 0 saturated carbocycles. The third-order valence-electron chi connectivity index (χ3n) is 3.98. The van der Waals surface area contributed by atoms with Gasteiger partial charge in [-0.3, -0.25) is 9.36 Å². The molecule has 1 aromatic carbocycles. The van der Waals surface area contributed by atoms with Crippen LogP contribution in [0.1, 0.15) is 18.9 Å². The molecule has 0 spiro atoms. The maximum Gasteiger partial charge on any atom is 0.234 e. The standard InChI is InChI=1S/C20H18Cl3N5O2S/c1-3-9-28-19(12(2)30-16-7-6-13(21)10-14(16)22)26-27-20(28)31-11-17(29)25-15-5-4-8-24-18(15)23/h3-8,10,12H,1,9,11H2,2H3,(H,25,29). The van der Waals surface area contributed by atoms with Crippen LogP contribution in [0.15, 0.2) is 54.3 Å². The van der Waals surface area contributed by atoms with Crippen molar-refractivity contribution in [1.82, 2.24) is 19.7 Å². The highest BCUT2D eigenvalue weighted by molar-refractivity contribution is 7.99. The smallest absolute Gasteiger partial charge is 0.234 e. The molecule has 1 N–H and O–H groups in total. The van der Waals surface area contributed by atoms with E-state index in [1.165, 1.54) is 11.8 Å². The Morgan fingerprint density at radius 1 is 1.32 bits per heavy atom. The van der Waals surface area contributed by atoms with Crippen LogP contribution >= 0.6 is 46.6 Å². The van der Waals surface area contributed by atoms with E-state index >= 15 is 0 Å². The van der Waals surface area contributed by atoms with Crippen molar-refractivity contribution in [2.24, 2.45) is 0 Å². The average Bonchev–Trinajstić information content (AvgIpc) is 3.13. The Kier molecular flexibility index (Phi) is 8.20. The first-order valence-corrected chi connectivity index (χ1v) is 11.2. The number of nitrogens with zero attached hydrogens (tertiary/aromatic N) is 4. The Bertz CT molecular complexity index is 1090. The summed E-state index contributed by atoms with van der Waals surface area (Å²) in [6.45, 7) is 6.06. The number of hydrogen-bond donors (Lipinski definition) is 1. The second-order valence-electron chi connectivity index (χ2n) is 6.25. The van der Waals surface area contributed by atoms with Gasteiger partial charge in [0.2, 0.25) is 5.91 Å². The largest absolute Gasteiger partial charge is 0.481 e. The van der Waals surface area contributed by atoms with Gasteiger partial charge in [-0.2, -0.15) is 0 Å². The van der Waals surface area contributed by atoms with Crippen LogP contribution in [-0.2, 0) is 11.3 Å². The third-order valence-corrected chi connectivity index (χ3v) is 5.78. The van der Waals surface area contributed by atoms with Gasteiger partial charge in [0.15, 0.2) is 22.2 Å². The van der Waals surface area contributed by atoms with Crippen molar-refractivity contribution in [3.63, 3.8) is 0 Å². The van der Waals surface area contributed by atoms with E-state index in [2.05, 4.69) is 27.1 Å². The molecule has 0 fully saturated rings. The molecular weight excluding hydrogens is 481 g/mol. The summed E-state index contributed by atoms with van der Waals surface area (Å²) < 4.78 is 7.78. The second kappa shape index (κ2) is 10.9. The molecular formula is C20H18Cl3N5O2S. The third kappa shape index (κ3) is 6.13. The number of amides is 1. The summed E-state index contributed by atoms with van der Waals surface area (Å²) in [7, 11) is 0. The minimum absolute atomic E-state index is 0.110. The van der Waals surface area contributed by atoms with Crippen molar-refractivity contribution in [3.05, 3.63) is 70.2 Å². The van der Waals surface area contributed by atoms with E-state index in [0.29, 0.717) is 39.0 Å². The predicted octanol–water partition coefficient (Wildman–Crippen LogP) is 5.69. The number of rotatable bonds is 9. The Morgan fingerprint density at radius 3 is 2.84 bits per heavy atom. The highest BCUT2D eigenvalue weighted by atomic mass is 35.5. The lowest BCUT2D eigenvalue weighted by Gasteiger charge is -2.16. The molecule has 0 aliphatic rings.